The molecule has 1 aromatic rings. The smallest absolute Gasteiger partial charge is 0.137 e. The summed E-state index contributed by atoms with van der Waals surface area (Å²) >= 11 is 0. The molecule has 0 saturated heterocycles. The van der Waals surface area contributed by atoms with Crippen LogP contribution in [0.2, 0.25) is 0 Å². The molecule has 0 fully saturated rings. The maximum atomic E-state index is 5.31. The monoisotopic (exact) mass is 156 g/mol. The van der Waals surface area contributed by atoms with Crippen molar-refractivity contribution >= 4 is 5.82 Å². The summed E-state index contributed by atoms with van der Waals surface area (Å²) in [6, 6.07) is 3.46. The first-order valence-electron chi connectivity index (χ1n) is 3.58. The Bertz CT molecular complexity index is 189. The number of nitrogen functional groups attached to an aromatic ring is 1. The number of anilines is 1. The number of methoxy groups -OCH3 is 1. The molecule has 3 heteroatoms. The summed E-state index contributed by atoms with van der Waals surface area (Å²) in [5, 5.41) is 0. The van der Waals surface area contributed by atoms with Crippen molar-refractivity contribution in [3.05, 3.63) is 18.3 Å². The summed E-state index contributed by atoms with van der Waals surface area (Å²) in [6.45, 7) is 4.00. The fourth-order valence-corrected chi connectivity index (χ4v) is 0.512. The van der Waals surface area contributed by atoms with Gasteiger partial charge in [-0.1, -0.05) is 13.8 Å². The highest BCUT2D eigenvalue weighted by molar-refractivity contribution is 5.31. The van der Waals surface area contributed by atoms with Crippen molar-refractivity contribution in [2.45, 2.75) is 13.8 Å². The van der Waals surface area contributed by atoms with Gasteiger partial charge in [-0.15, -0.1) is 0 Å². The predicted octanol–water partition coefficient (Wildman–Crippen LogP) is 1.94. The van der Waals surface area contributed by atoms with Gasteiger partial charge in [0, 0.05) is 1.43 Å². The minimum Gasteiger partial charge on any atom is -0.495 e. The van der Waals surface area contributed by atoms with Crippen LogP contribution in [0.3, 0.4) is 0 Å². The number of rotatable bonds is 1. The van der Waals surface area contributed by atoms with Gasteiger partial charge >= 0.3 is 0 Å². The first-order chi connectivity index (χ1) is 5.33. The zero-order chi connectivity index (χ0) is 8.69. The van der Waals surface area contributed by atoms with Crippen molar-refractivity contribution in [2.75, 3.05) is 12.8 Å². The summed E-state index contributed by atoms with van der Waals surface area (Å²) in [5.41, 5.74) is 5.31. The lowest BCUT2D eigenvalue weighted by atomic mass is 10.4. The summed E-state index contributed by atoms with van der Waals surface area (Å²) in [4.78, 5) is 3.80. The van der Waals surface area contributed by atoms with Crippen LogP contribution in [0.1, 0.15) is 15.3 Å². The van der Waals surface area contributed by atoms with Crippen molar-refractivity contribution in [3.8, 4) is 5.75 Å². The SMILES string of the molecule is CC.COc1ccc(N)nc1.[HH]. The molecule has 0 spiro atoms. The van der Waals surface area contributed by atoms with E-state index in [1.807, 2.05) is 13.8 Å². The number of nitrogens with zero attached hydrogens (tertiary/aromatic N) is 1. The van der Waals surface area contributed by atoms with Gasteiger partial charge in [0.25, 0.3) is 0 Å². The number of nitrogens with two attached hydrogens (primary N) is 1. The second-order valence-corrected chi connectivity index (χ2v) is 1.62. The molecule has 2 N–H and O–H groups in total. The van der Waals surface area contributed by atoms with E-state index in [1.165, 1.54) is 0 Å². The van der Waals surface area contributed by atoms with E-state index in [-0.39, 0.29) is 1.43 Å². The zero-order valence-electron chi connectivity index (χ0n) is 7.16. The van der Waals surface area contributed by atoms with Crippen molar-refractivity contribution in [2.24, 2.45) is 0 Å². The molecule has 0 unspecified atom stereocenters. The quantitative estimate of drug-likeness (QED) is 0.676. The molecule has 11 heavy (non-hydrogen) atoms. The first kappa shape index (κ1) is 9.75. The third kappa shape index (κ3) is 3.45. The Labute approximate surface area is 68.7 Å². The Hall–Kier alpha value is -1.25. The van der Waals surface area contributed by atoms with Crippen LogP contribution in [0.25, 0.3) is 0 Å². The standard InChI is InChI=1S/C6H8N2O.C2H6.H2/c1-9-5-2-3-6(7)8-4-5;1-2;/h2-4H,1H3,(H2,7,8);1-2H3;1H. The van der Waals surface area contributed by atoms with Gasteiger partial charge in [-0.2, -0.15) is 0 Å². The van der Waals surface area contributed by atoms with E-state index in [4.69, 9.17) is 10.5 Å². The van der Waals surface area contributed by atoms with Crippen molar-refractivity contribution in [3.63, 3.8) is 0 Å². The molecule has 0 atom stereocenters. The zero-order valence-corrected chi connectivity index (χ0v) is 7.16. The van der Waals surface area contributed by atoms with Gasteiger partial charge in [-0.3, -0.25) is 0 Å². The molecule has 0 bridgehead atoms. The molecule has 0 aliphatic heterocycles. The molecule has 0 radical (unpaired) electrons. The van der Waals surface area contributed by atoms with Crippen LogP contribution >= 0.6 is 0 Å². The number of aromatic nitrogens is 1. The van der Waals surface area contributed by atoms with Gasteiger partial charge in [-0.05, 0) is 12.1 Å². The molecule has 0 saturated carbocycles. The van der Waals surface area contributed by atoms with Crippen LogP contribution in [-0.4, -0.2) is 12.1 Å². The van der Waals surface area contributed by atoms with Crippen LogP contribution < -0.4 is 10.5 Å². The Morgan fingerprint density at radius 1 is 1.45 bits per heavy atom. The molecule has 0 amide bonds. The number of hydrogen-bond donors (Lipinski definition) is 1. The van der Waals surface area contributed by atoms with Crippen LogP contribution in [-0.2, 0) is 0 Å². The minimum absolute atomic E-state index is 0. The maximum absolute atomic E-state index is 5.31. The Morgan fingerprint density at radius 2 is 2.09 bits per heavy atom. The lowest BCUT2D eigenvalue weighted by Gasteiger charge is -1.96. The van der Waals surface area contributed by atoms with E-state index in [9.17, 15) is 0 Å². The van der Waals surface area contributed by atoms with Crippen molar-refractivity contribution in [1.82, 2.24) is 4.98 Å². The summed E-state index contributed by atoms with van der Waals surface area (Å²) < 4.78 is 4.85. The van der Waals surface area contributed by atoms with Crippen molar-refractivity contribution < 1.29 is 6.16 Å². The number of pyridine rings is 1. The number of ether oxygens (including phenoxy) is 1. The van der Waals surface area contributed by atoms with E-state index in [2.05, 4.69) is 4.98 Å². The highest BCUT2D eigenvalue weighted by Gasteiger charge is 1.87. The maximum Gasteiger partial charge on any atom is 0.137 e. The second-order valence-electron chi connectivity index (χ2n) is 1.62. The normalized spacial score (nSPS) is 7.91. The van der Waals surface area contributed by atoms with Gasteiger partial charge < -0.3 is 10.5 Å². The average molecular weight is 156 g/mol. The third-order valence-electron chi connectivity index (χ3n) is 0.995. The Morgan fingerprint density at radius 3 is 2.45 bits per heavy atom. The number of hydrogen-bond acceptors (Lipinski definition) is 3. The molecular formula is C8H16N2O. The van der Waals surface area contributed by atoms with Gasteiger partial charge in [-0.25, -0.2) is 4.98 Å². The first-order valence-corrected chi connectivity index (χ1v) is 3.58. The van der Waals surface area contributed by atoms with E-state index < -0.39 is 0 Å². The lowest BCUT2D eigenvalue weighted by molar-refractivity contribution is 0.413. The predicted molar refractivity (Wildman–Crippen MR) is 48.7 cm³/mol. The van der Waals surface area contributed by atoms with Crippen LogP contribution in [0.4, 0.5) is 5.82 Å². The van der Waals surface area contributed by atoms with Gasteiger partial charge in [0.15, 0.2) is 0 Å². The summed E-state index contributed by atoms with van der Waals surface area (Å²) in [5.74, 6) is 1.24. The molecule has 1 rings (SSSR count). The molecule has 0 aliphatic rings. The van der Waals surface area contributed by atoms with E-state index in [1.54, 1.807) is 25.4 Å². The van der Waals surface area contributed by atoms with E-state index in [0.717, 1.165) is 5.75 Å². The Balaban J connectivity index is 0. The van der Waals surface area contributed by atoms with Gasteiger partial charge in [0.1, 0.15) is 11.6 Å². The molecule has 0 aliphatic carbocycles. The van der Waals surface area contributed by atoms with Crippen molar-refractivity contribution in [1.29, 1.82) is 0 Å². The molecule has 0 aromatic carbocycles. The fourth-order valence-electron chi connectivity index (χ4n) is 0.512. The van der Waals surface area contributed by atoms with Crippen LogP contribution in [0.15, 0.2) is 18.3 Å². The summed E-state index contributed by atoms with van der Waals surface area (Å²) in [6.07, 6.45) is 1.58. The summed E-state index contributed by atoms with van der Waals surface area (Å²) in [7, 11) is 1.59. The van der Waals surface area contributed by atoms with Crippen LogP contribution in [0.5, 0.6) is 5.75 Å². The van der Waals surface area contributed by atoms with Gasteiger partial charge in [0.2, 0.25) is 0 Å². The molecule has 64 valence electrons. The highest BCUT2D eigenvalue weighted by atomic mass is 16.5. The Kier molecular flexibility index (Phi) is 4.90. The fraction of sp³-hybridized carbons (Fsp3) is 0.375. The third-order valence-corrected chi connectivity index (χ3v) is 0.995. The lowest BCUT2D eigenvalue weighted by Crippen LogP contribution is -1.89. The van der Waals surface area contributed by atoms with Gasteiger partial charge in [0.05, 0.1) is 13.3 Å². The second kappa shape index (κ2) is 5.53. The largest absolute Gasteiger partial charge is 0.495 e. The molecule has 1 aromatic heterocycles. The molecular weight excluding hydrogens is 140 g/mol. The van der Waals surface area contributed by atoms with E-state index >= 15 is 0 Å². The average Bonchev–Trinajstić information content (AvgIpc) is 2.10. The topological polar surface area (TPSA) is 48.1 Å². The van der Waals surface area contributed by atoms with Crippen LogP contribution in [0, 0.1) is 0 Å². The minimum atomic E-state index is 0. The van der Waals surface area contributed by atoms with E-state index in [0.29, 0.717) is 5.82 Å². The highest BCUT2D eigenvalue weighted by Crippen LogP contribution is 2.07. The molecule has 3 nitrogen and oxygen atoms in total. The molecule has 1 heterocycles.